The number of ether oxygens (including phenoxy) is 1. The van der Waals surface area contributed by atoms with Crippen LogP contribution in [0.15, 0.2) is 46.9 Å². The summed E-state index contributed by atoms with van der Waals surface area (Å²) in [5, 5.41) is 3.44. The minimum Gasteiger partial charge on any atom is -0.491 e. The Hall–Kier alpha value is -1.48. The molecule has 0 saturated heterocycles. The van der Waals surface area contributed by atoms with Crippen LogP contribution in [0.5, 0.6) is 5.75 Å². The lowest BCUT2D eigenvalue weighted by Gasteiger charge is -2.12. The van der Waals surface area contributed by atoms with Gasteiger partial charge in [-0.25, -0.2) is 0 Å². The Labute approximate surface area is 129 Å². The lowest BCUT2D eigenvalue weighted by molar-refractivity contribution is 0.242. The average Bonchev–Trinajstić information content (AvgIpc) is 2.41. The van der Waals surface area contributed by atoms with E-state index in [0.29, 0.717) is 0 Å². The number of hydrogen-bond donors (Lipinski definition) is 1. The molecule has 0 unspecified atom stereocenters. The van der Waals surface area contributed by atoms with Crippen molar-refractivity contribution < 1.29 is 4.74 Å². The first-order valence-corrected chi connectivity index (χ1v) is 7.59. The van der Waals surface area contributed by atoms with Crippen LogP contribution in [0.2, 0.25) is 0 Å². The van der Waals surface area contributed by atoms with Gasteiger partial charge in [0, 0.05) is 16.7 Å². The van der Waals surface area contributed by atoms with Crippen LogP contribution in [0.1, 0.15) is 25.0 Å². The lowest BCUT2D eigenvalue weighted by atomic mass is 10.2. The number of rotatable bonds is 5. The van der Waals surface area contributed by atoms with E-state index in [1.165, 1.54) is 11.1 Å². The van der Waals surface area contributed by atoms with Gasteiger partial charge in [-0.3, -0.25) is 0 Å². The van der Waals surface area contributed by atoms with Crippen molar-refractivity contribution in [3.63, 3.8) is 0 Å². The fraction of sp³-hybridized carbons (Fsp3) is 0.294. The summed E-state index contributed by atoms with van der Waals surface area (Å²) in [5.74, 6) is 0.917. The van der Waals surface area contributed by atoms with Gasteiger partial charge in [0.1, 0.15) is 5.75 Å². The molecule has 0 aliphatic heterocycles. The minimum absolute atomic E-state index is 0.210. The lowest BCUT2D eigenvalue weighted by Crippen LogP contribution is -2.05. The Morgan fingerprint density at radius 2 is 1.80 bits per heavy atom. The zero-order valence-corrected chi connectivity index (χ0v) is 13.7. The predicted molar refractivity (Wildman–Crippen MR) is 88.4 cm³/mol. The van der Waals surface area contributed by atoms with Crippen molar-refractivity contribution in [2.45, 2.75) is 33.4 Å². The molecule has 3 heteroatoms. The van der Waals surface area contributed by atoms with E-state index in [1.807, 2.05) is 26.0 Å². The van der Waals surface area contributed by atoms with Gasteiger partial charge in [-0.15, -0.1) is 0 Å². The van der Waals surface area contributed by atoms with Crippen molar-refractivity contribution in [3.05, 3.63) is 58.1 Å². The van der Waals surface area contributed by atoms with Crippen molar-refractivity contribution in [2.75, 3.05) is 5.32 Å². The van der Waals surface area contributed by atoms with E-state index in [1.54, 1.807) is 0 Å². The number of anilines is 1. The summed E-state index contributed by atoms with van der Waals surface area (Å²) in [6.45, 7) is 6.95. The van der Waals surface area contributed by atoms with Gasteiger partial charge in [0.15, 0.2) is 0 Å². The molecule has 0 aliphatic rings. The van der Waals surface area contributed by atoms with Gasteiger partial charge in [0.05, 0.1) is 6.10 Å². The molecule has 2 rings (SSSR count). The molecular weight excluding hydrogens is 314 g/mol. The van der Waals surface area contributed by atoms with Crippen LogP contribution in [-0.2, 0) is 6.54 Å². The normalized spacial score (nSPS) is 10.7. The third-order valence-corrected chi connectivity index (χ3v) is 3.59. The van der Waals surface area contributed by atoms with E-state index >= 15 is 0 Å². The predicted octanol–water partition coefficient (Wildman–Crippen LogP) is 5.16. The Morgan fingerprint density at radius 1 is 1.10 bits per heavy atom. The molecule has 2 aromatic rings. The Morgan fingerprint density at radius 3 is 2.45 bits per heavy atom. The third kappa shape index (κ3) is 4.27. The quantitative estimate of drug-likeness (QED) is 0.816. The zero-order chi connectivity index (χ0) is 14.5. The second-order valence-corrected chi connectivity index (χ2v) is 6.00. The molecule has 0 atom stereocenters. The van der Waals surface area contributed by atoms with Crippen molar-refractivity contribution >= 4 is 21.6 Å². The third-order valence-electron chi connectivity index (χ3n) is 2.90. The Kier molecular flexibility index (Phi) is 5.07. The number of hydrogen-bond acceptors (Lipinski definition) is 2. The summed E-state index contributed by atoms with van der Waals surface area (Å²) in [4.78, 5) is 0. The molecule has 2 aromatic carbocycles. The topological polar surface area (TPSA) is 21.3 Å². The van der Waals surface area contributed by atoms with Gasteiger partial charge in [-0.1, -0.05) is 18.2 Å². The summed E-state index contributed by atoms with van der Waals surface area (Å²) in [6.07, 6.45) is 0.210. The van der Waals surface area contributed by atoms with Crippen LogP contribution in [0, 0.1) is 6.92 Å². The average molecular weight is 334 g/mol. The van der Waals surface area contributed by atoms with Crippen LogP contribution < -0.4 is 10.1 Å². The highest BCUT2D eigenvalue weighted by Gasteiger charge is 2.01. The molecule has 0 heterocycles. The van der Waals surface area contributed by atoms with E-state index in [0.717, 1.165) is 22.5 Å². The first-order chi connectivity index (χ1) is 9.54. The molecule has 0 saturated carbocycles. The highest BCUT2D eigenvalue weighted by atomic mass is 79.9. The fourth-order valence-electron chi connectivity index (χ4n) is 1.93. The second kappa shape index (κ2) is 6.80. The SMILES string of the molecule is Cc1ccc(Br)c(NCc2ccc(OC(C)C)cc2)c1. The number of nitrogens with one attached hydrogen (secondary N) is 1. The van der Waals surface area contributed by atoms with E-state index in [4.69, 9.17) is 4.74 Å². The summed E-state index contributed by atoms with van der Waals surface area (Å²) in [5.41, 5.74) is 3.60. The van der Waals surface area contributed by atoms with Crippen LogP contribution in [0.3, 0.4) is 0 Å². The van der Waals surface area contributed by atoms with Gasteiger partial charge >= 0.3 is 0 Å². The number of aryl methyl sites for hydroxylation is 1. The number of halogens is 1. The highest BCUT2D eigenvalue weighted by Crippen LogP contribution is 2.24. The molecule has 0 radical (unpaired) electrons. The van der Waals surface area contributed by atoms with Gasteiger partial charge in [-0.2, -0.15) is 0 Å². The number of benzene rings is 2. The maximum Gasteiger partial charge on any atom is 0.119 e. The van der Waals surface area contributed by atoms with Crippen LogP contribution in [0.25, 0.3) is 0 Å². The molecule has 2 nitrogen and oxygen atoms in total. The largest absolute Gasteiger partial charge is 0.491 e. The summed E-state index contributed by atoms with van der Waals surface area (Å²) in [6, 6.07) is 14.5. The van der Waals surface area contributed by atoms with Crippen molar-refractivity contribution in [2.24, 2.45) is 0 Å². The molecule has 1 N–H and O–H groups in total. The molecule has 0 spiro atoms. The monoisotopic (exact) mass is 333 g/mol. The smallest absolute Gasteiger partial charge is 0.119 e. The maximum atomic E-state index is 5.64. The second-order valence-electron chi connectivity index (χ2n) is 5.15. The van der Waals surface area contributed by atoms with Crippen LogP contribution >= 0.6 is 15.9 Å². The Balaban J connectivity index is 1.98. The molecule has 106 valence electrons. The molecule has 0 amide bonds. The van der Waals surface area contributed by atoms with E-state index in [-0.39, 0.29) is 6.10 Å². The molecule has 0 aromatic heterocycles. The molecular formula is C17H20BrNO. The summed E-state index contributed by atoms with van der Waals surface area (Å²) < 4.78 is 6.72. The van der Waals surface area contributed by atoms with Crippen molar-refractivity contribution in [3.8, 4) is 5.75 Å². The van der Waals surface area contributed by atoms with Gasteiger partial charge in [-0.05, 0) is 72.1 Å². The first-order valence-electron chi connectivity index (χ1n) is 6.80. The van der Waals surface area contributed by atoms with Crippen molar-refractivity contribution in [1.29, 1.82) is 0 Å². The zero-order valence-electron chi connectivity index (χ0n) is 12.1. The minimum atomic E-state index is 0.210. The van der Waals surface area contributed by atoms with Gasteiger partial charge in [0.2, 0.25) is 0 Å². The fourth-order valence-corrected chi connectivity index (χ4v) is 2.32. The van der Waals surface area contributed by atoms with Crippen LogP contribution in [0.4, 0.5) is 5.69 Å². The maximum absolute atomic E-state index is 5.64. The van der Waals surface area contributed by atoms with E-state index in [2.05, 4.69) is 58.5 Å². The summed E-state index contributed by atoms with van der Waals surface area (Å²) in [7, 11) is 0. The van der Waals surface area contributed by atoms with Gasteiger partial charge < -0.3 is 10.1 Å². The molecule has 0 bridgehead atoms. The Bertz CT molecular complexity index is 564. The van der Waals surface area contributed by atoms with Crippen LogP contribution in [-0.4, -0.2) is 6.10 Å². The molecule has 20 heavy (non-hydrogen) atoms. The highest BCUT2D eigenvalue weighted by molar-refractivity contribution is 9.10. The van der Waals surface area contributed by atoms with E-state index < -0.39 is 0 Å². The van der Waals surface area contributed by atoms with E-state index in [9.17, 15) is 0 Å². The standard InChI is InChI=1S/C17H20BrNO/c1-12(2)20-15-7-5-14(6-8-15)11-19-17-10-13(3)4-9-16(17)18/h4-10,12,19H,11H2,1-3H3. The van der Waals surface area contributed by atoms with Crippen molar-refractivity contribution in [1.82, 2.24) is 0 Å². The molecule has 0 aliphatic carbocycles. The molecule has 0 fully saturated rings. The summed E-state index contributed by atoms with van der Waals surface area (Å²) >= 11 is 3.56. The van der Waals surface area contributed by atoms with Gasteiger partial charge in [0.25, 0.3) is 0 Å². The first kappa shape index (κ1) is 14.9.